The molecule has 0 unspecified atom stereocenters. The third-order valence-electron chi connectivity index (χ3n) is 4.17. The molecule has 0 aliphatic heterocycles. The Morgan fingerprint density at radius 1 is 1.18 bits per heavy atom. The molecule has 0 aliphatic rings. The van der Waals surface area contributed by atoms with Gasteiger partial charge in [-0.25, -0.2) is 9.75 Å². The van der Waals surface area contributed by atoms with Gasteiger partial charge in [-0.2, -0.15) is 5.10 Å². The van der Waals surface area contributed by atoms with Crippen molar-refractivity contribution in [1.82, 2.24) is 14.8 Å². The van der Waals surface area contributed by atoms with Gasteiger partial charge in [0.25, 0.3) is 0 Å². The number of hydroxylamine groups is 2. The topological polar surface area (TPSA) is 67.6 Å². The number of aryl methyl sites for hydroxylation is 1. The Hall–Kier alpha value is -1.83. The molecule has 0 fully saturated rings. The van der Waals surface area contributed by atoms with Gasteiger partial charge in [-0.05, 0) is 42.5 Å². The maximum absolute atomic E-state index is 11.7. The van der Waals surface area contributed by atoms with Crippen LogP contribution in [0, 0.1) is 0 Å². The van der Waals surface area contributed by atoms with Crippen LogP contribution in [-0.4, -0.2) is 40.1 Å². The van der Waals surface area contributed by atoms with Crippen LogP contribution < -0.4 is 34.3 Å². The Kier molecular flexibility index (Phi) is 8.10. The monoisotopic (exact) mass is 408 g/mol. The van der Waals surface area contributed by atoms with Crippen molar-refractivity contribution < 1.29 is 44.3 Å². The smallest absolute Gasteiger partial charge is 0.497 e. The first-order chi connectivity index (χ1) is 13.0. The number of carbonyl (C=O) groups excluding carboxylic acids is 1. The Labute approximate surface area is 190 Å². The molecular weight excluding hydrogens is 389 g/mol. The summed E-state index contributed by atoms with van der Waals surface area (Å²) in [7, 11) is 2.94. The number of halogens is 1. The van der Waals surface area contributed by atoms with Gasteiger partial charge in [0, 0.05) is 30.5 Å². The molecule has 0 atom stereocenters. The number of benzene rings is 2. The predicted molar refractivity (Wildman–Crippen MR) is 103 cm³/mol. The molecule has 1 amide bonds. The van der Waals surface area contributed by atoms with Crippen molar-refractivity contribution in [2.45, 2.75) is 12.8 Å². The van der Waals surface area contributed by atoms with Gasteiger partial charge in [0.15, 0.2) is 0 Å². The molecule has 0 bridgehead atoms. The Balaban J connectivity index is 0.00000280. The number of hydrogen-bond acceptors (Lipinski definition) is 4. The standard InChI is InChI=1S/C20H20ClN3O3.Na/c1-23(26)20(25)12-7-16-13-19(14-3-5-15(21)6-4-14)24(22-16)17-8-10-18(27-2)11-9-17;/h3-6,8-11,13,26H,7,12H2,1-2H3;/q;+1. The minimum absolute atomic E-state index is 0. The van der Waals surface area contributed by atoms with E-state index in [4.69, 9.17) is 16.3 Å². The van der Waals surface area contributed by atoms with E-state index in [0.29, 0.717) is 16.5 Å². The third kappa shape index (κ3) is 5.37. The fourth-order valence-electron chi connectivity index (χ4n) is 2.70. The van der Waals surface area contributed by atoms with Gasteiger partial charge in [-0.3, -0.25) is 10.0 Å². The van der Waals surface area contributed by atoms with Crippen molar-refractivity contribution in [2.24, 2.45) is 0 Å². The average molecular weight is 409 g/mol. The predicted octanol–water partition coefficient (Wildman–Crippen LogP) is 0.985. The van der Waals surface area contributed by atoms with E-state index >= 15 is 0 Å². The summed E-state index contributed by atoms with van der Waals surface area (Å²) in [6, 6.07) is 17.0. The van der Waals surface area contributed by atoms with E-state index in [-0.39, 0.29) is 41.9 Å². The van der Waals surface area contributed by atoms with Crippen LogP contribution in [0.2, 0.25) is 5.02 Å². The molecule has 1 N–H and O–H groups in total. The van der Waals surface area contributed by atoms with Crippen molar-refractivity contribution in [3.8, 4) is 22.7 Å². The van der Waals surface area contributed by atoms with E-state index in [9.17, 15) is 10.0 Å². The average Bonchev–Trinajstić information content (AvgIpc) is 3.11. The van der Waals surface area contributed by atoms with E-state index in [0.717, 1.165) is 28.4 Å². The molecular formula is C20H20ClN3NaO3+. The van der Waals surface area contributed by atoms with Gasteiger partial charge in [0.05, 0.1) is 24.2 Å². The summed E-state index contributed by atoms with van der Waals surface area (Å²) in [6.45, 7) is 0. The van der Waals surface area contributed by atoms with E-state index in [1.807, 2.05) is 59.3 Å². The SMILES string of the molecule is COc1ccc(-n2nc(CCC(=O)N(C)O)cc2-c2ccc(Cl)cc2)cc1.[Na+]. The van der Waals surface area contributed by atoms with Crippen LogP contribution in [0.4, 0.5) is 0 Å². The number of amides is 1. The molecule has 1 aromatic heterocycles. The summed E-state index contributed by atoms with van der Waals surface area (Å²) in [4.78, 5) is 11.7. The summed E-state index contributed by atoms with van der Waals surface area (Å²) >= 11 is 6.01. The first kappa shape index (κ1) is 22.5. The second-order valence-corrected chi connectivity index (χ2v) is 6.49. The molecule has 0 saturated heterocycles. The second-order valence-electron chi connectivity index (χ2n) is 6.05. The van der Waals surface area contributed by atoms with Gasteiger partial charge < -0.3 is 4.74 Å². The third-order valence-corrected chi connectivity index (χ3v) is 4.42. The molecule has 2 aromatic carbocycles. The van der Waals surface area contributed by atoms with Gasteiger partial charge >= 0.3 is 29.6 Å². The van der Waals surface area contributed by atoms with Crippen LogP contribution in [-0.2, 0) is 11.2 Å². The molecule has 6 nitrogen and oxygen atoms in total. The van der Waals surface area contributed by atoms with Crippen LogP contribution in [0.5, 0.6) is 5.75 Å². The van der Waals surface area contributed by atoms with Crippen LogP contribution in [0.1, 0.15) is 12.1 Å². The first-order valence-electron chi connectivity index (χ1n) is 8.42. The molecule has 1 heterocycles. The zero-order chi connectivity index (χ0) is 19.4. The molecule has 3 rings (SSSR count). The molecule has 3 aromatic rings. The van der Waals surface area contributed by atoms with Gasteiger partial charge in [-0.15, -0.1) is 0 Å². The van der Waals surface area contributed by atoms with Crippen LogP contribution in [0.25, 0.3) is 16.9 Å². The minimum atomic E-state index is -0.359. The fraction of sp³-hybridized carbons (Fsp3) is 0.200. The number of aromatic nitrogens is 2. The summed E-state index contributed by atoms with van der Waals surface area (Å²) in [6.07, 6.45) is 0.597. The minimum Gasteiger partial charge on any atom is -0.497 e. The van der Waals surface area contributed by atoms with E-state index < -0.39 is 0 Å². The molecule has 0 saturated carbocycles. The summed E-state index contributed by atoms with van der Waals surface area (Å²) in [5.41, 5.74) is 3.47. The number of carbonyl (C=O) groups is 1. The normalized spacial score (nSPS) is 10.3. The van der Waals surface area contributed by atoms with Crippen molar-refractivity contribution >= 4 is 17.5 Å². The first-order valence-corrected chi connectivity index (χ1v) is 8.80. The second kappa shape index (κ2) is 10.1. The number of ether oxygens (including phenoxy) is 1. The van der Waals surface area contributed by atoms with Crippen molar-refractivity contribution in [3.05, 3.63) is 65.3 Å². The fourth-order valence-corrected chi connectivity index (χ4v) is 2.82. The molecule has 0 radical (unpaired) electrons. The largest absolute Gasteiger partial charge is 1.00 e. The Bertz CT molecular complexity index is 925. The Morgan fingerprint density at radius 2 is 1.82 bits per heavy atom. The number of methoxy groups -OCH3 is 1. The maximum atomic E-state index is 11.7. The summed E-state index contributed by atoms with van der Waals surface area (Å²) in [5, 5.41) is 15.1. The van der Waals surface area contributed by atoms with Gasteiger partial charge in [0.1, 0.15) is 5.75 Å². The maximum Gasteiger partial charge on any atom is 1.00 e. The van der Waals surface area contributed by atoms with Crippen LogP contribution in [0.15, 0.2) is 54.6 Å². The Morgan fingerprint density at radius 3 is 2.39 bits per heavy atom. The number of nitrogens with zero attached hydrogens (tertiary/aromatic N) is 3. The van der Waals surface area contributed by atoms with Crippen LogP contribution >= 0.6 is 11.6 Å². The molecule has 140 valence electrons. The van der Waals surface area contributed by atoms with Crippen molar-refractivity contribution in [1.29, 1.82) is 0 Å². The zero-order valence-corrected chi connectivity index (χ0v) is 18.8. The quantitative estimate of drug-likeness (QED) is 0.375. The van der Waals surface area contributed by atoms with E-state index in [1.165, 1.54) is 7.05 Å². The van der Waals surface area contributed by atoms with Crippen molar-refractivity contribution in [3.63, 3.8) is 0 Å². The van der Waals surface area contributed by atoms with Crippen molar-refractivity contribution in [2.75, 3.05) is 14.2 Å². The van der Waals surface area contributed by atoms with Gasteiger partial charge in [-0.1, -0.05) is 23.7 Å². The van der Waals surface area contributed by atoms with E-state index in [2.05, 4.69) is 5.10 Å². The molecule has 8 heteroatoms. The number of rotatable bonds is 6. The van der Waals surface area contributed by atoms with E-state index in [1.54, 1.807) is 7.11 Å². The number of hydrogen-bond donors (Lipinski definition) is 1. The van der Waals surface area contributed by atoms with Crippen LogP contribution in [0.3, 0.4) is 0 Å². The molecule has 0 aliphatic carbocycles. The molecule has 0 spiro atoms. The molecule has 28 heavy (non-hydrogen) atoms. The van der Waals surface area contributed by atoms with Gasteiger partial charge in [0.2, 0.25) is 5.91 Å². The summed E-state index contributed by atoms with van der Waals surface area (Å²) < 4.78 is 7.04. The zero-order valence-electron chi connectivity index (χ0n) is 16.1. The summed E-state index contributed by atoms with van der Waals surface area (Å²) in [5.74, 6) is 0.401.